The second-order valence-corrected chi connectivity index (χ2v) is 6.17. The first-order chi connectivity index (χ1) is 9.06. The summed E-state index contributed by atoms with van der Waals surface area (Å²) in [6.45, 7) is 9.68. The first-order valence-corrected chi connectivity index (χ1v) is 7.58. The Morgan fingerprint density at radius 2 is 1.89 bits per heavy atom. The maximum Gasteiger partial charge on any atom is 0.234 e. The Bertz CT molecular complexity index is 296. The lowest BCUT2D eigenvalue weighted by Gasteiger charge is -2.35. The van der Waals surface area contributed by atoms with Crippen LogP contribution in [-0.2, 0) is 4.79 Å². The van der Waals surface area contributed by atoms with Gasteiger partial charge in [0.1, 0.15) is 0 Å². The maximum atomic E-state index is 11.4. The number of nitrogens with one attached hydrogen (secondary N) is 1. The summed E-state index contributed by atoms with van der Waals surface area (Å²) >= 11 is 0. The Balaban J connectivity index is 1.67. The minimum Gasteiger partial charge on any atom is -0.368 e. The van der Waals surface area contributed by atoms with Crippen molar-refractivity contribution in [3.8, 4) is 0 Å². The third-order valence-electron chi connectivity index (χ3n) is 4.08. The molecule has 1 aliphatic heterocycles. The molecule has 0 bridgehead atoms. The molecule has 5 nitrogen and oxygen atoms in total. The molecule has 2 aliphatic rings. The monoisotopic (exact) mass is 268 g/mol. The number of carbonyl (C=O) groups excluding carboxylic acids is 1. The van der Waals surface area contributed by atoms with Crippen LogP contribution in [0.15, 0.2) is 0 Å². The van der Waals surface area contributed by atoms with E-state index in [0.717, 1.165) is 32.1 Å². The molecule has 0 aromatic rings. The molecule has 1 aliphatic carbocycles. The molecule has 19 heavy (non-hydrogen) atoms. The molecule has 1 heterocycles. The minimum atomic E-state index is -0.231. The van der Waals surface area contributed by atoms with Gasteiger partial charge in [-0.15, -0.1) is 0 Å². The summed E-state index contributed by atoms with van der Waals surface area (Å²) in [7, 11) is 0. The van der Waals surface area contributed by atoms with Crippen molar-refractivity contribution >= 4 is 5.91 Å². The fourth-order valence-electron chi connectivity index (χ4n) is 2.81. The average Bonchev–Trinajstić information content (AvgIpc) is 3.18. The van der Waals surface area contributed by atoms with Gasteiger partial charge in [0.2, 0.25) is 5.91 Å². The molecule has 2 fully saturated rings. The Kier molecular flexibility index (Phi) is 5.19. The van der Waals surface area contributed by atoms with Crippen LogP contribution in [0.1, 0.15) is 33.1 Å². The van der Waals surface area contributed by atoms with Gasteiger partial charge in [-0.2, -0.15) is 0 Å². The normalized spacial score (nSPS) is 23.7. The van der Waals surface area contributed by atoms with Crippen molar-refractivity contribution < 1.29 is 4.79 Å². The van der Waals surface area contributed by atoms with Crippen LogP contribution in [0.4, 0.5) is 0 Å². The van der Waals surface area contributed by atoms with E-state index in [2.05, 4.69) is 15.1 Å². The molecule has 3 N–H and O–H groups in total. The van der Waals surface area contributed by atoms with Crippen LogP contribution in [0.5, 0.6) is 0 Å². The lowest BCUT2D eigenvalue weighted by Crippen LogP contribution is -2.50. The number of hydrogen-bond acceptors (Lipinski definition) is 4. The second-order valence-electron chi connectivity index (χ2n) is 6.17. The number of amides is 1. The van der Waals surface area contributed by atoms with Crippen molar-refractivity contribution in [2.75, 3.05) is 32.7 Å². The van der Waals surface area contributed by atoms with Crippen LogP contribution in [-0.4, -0.2) is 66.6 Å². The molecule has 5 heteroatoms. The van der Waals surface area contributed by atoms with E-state index in [0.29, 0.717) is 6.04 Å². The number of hydrogen-bond donors (Lipinski definition) is 2. The molecule has 110 valence electrons. The van der Waals surface area contributed by atoms with Crippen LogP contribution in [0.3, 0.4) is 0 Å². The van der Waals surface area contributed by atoms with E-state index in [1.807, 2.05) is 13.8 Å². The highest BCUT2D eigenvalue weighted by Gasteiger charge is 2.31. The van der Waals surface area contributed by atoms with Gasteiger partial charge in [-0.1, -0.05) is 13.8 Å². The van der Waals surface area contributed by atoms with E-state index < -0.39 is 0 Å². The highest BCUT2D eigenvalue weighted by atomic mass is 16.1. The minimum absolute atomic E-state index is 0.193. The summed E-state index contributed by atoms with van der Waals surface area (Å²) < 4.78 is 0. The summed E-state index contributed by atoms with van der Waals surface area (Å²) in [4.78, 5) is 16.5. The summed E-state index contributed by atoms with van der Waals surface area (Å²) in [5.41, 5.74) is 5.44. The van der Waals surface area contributed by atoms with Crippen molar-refractivity contribution in [1.82, 2.24) is 15.1 Å². The van der Waals surface area contributed by atoms with Gasteiger partial charge in [0.05, 0.1) is 6.04 Å². The number of nitrogens with two attached hydrogens (primary N) is 1. The predicted molar refractivity (Wildman–Crippen MR) is 76.9 cm³/mol. The van der Waals surface area contributed by atoms with Gasteiger partial charge < -0.3 is 16.0 Å². The standard InChI is InChI=1S/C14H28N4O/c1-11(2)16-13(14(15)19)5-6-17-7-9-18(10-8-17)12-3-4-12/h11-13,16H,3-10H2,1-2H3,(H2,15,19). The molecule has 1 atom stereocenters. The Morgan fingerprint density at radius 3 is 2.37 bits per heavy atom. The molecular weight excluding hydrogens is 240 g/mol. The molecular formula is C14H28N4O. The summed E-state index contributed by atoms with van der Waals surface area (Å²) in [6, 6.07) is 0.980. The highest BCUT2D eigenvalue weighted by molar-refractivity contribution is 5.79. The van der Waals surface area contributed by atoms with E-state index >= 15 is 0 Å². The van der Waals surface area contributed by atoms with E-state index in [-0.39, 0.29) is 11.9 Å². The van der Waals surface area contributed by atoms with Crippen molar-refractivity contribution in [3.05, 3.63) is 0 Å². The van der Waals surface area contributed by atoms with Gasteiger partial charge in [-0.05, 0) is 19.3 Å². The fourth-order valence-corrected chi connectivity index (χ4v) is 2.81. The van der Waals surface area contributed by atoms with Gasteiger partial charge in [0.15, 0.2) is 0 Å². The third kappa shape index (κ3) is 4.75. The number of piperazine rings is 1. The molecule has 1 saturated carbocycles. The molecule has 1 amide bonds. The number of primary amides is 1. The van der Waals surface area contributed by atoms with Crippen molar-refractivity contribution in [3.63, 3.8) is 0 Å². The van der Waals surface area contributed by atoms with Gasteiger partial charge in [-0.25, -0.2) is 0 Å². The van der Waals surface area contributed by atoms with Crippen LogP contribution in [0, 0.1) is 0 Å². The number of carbonyl (C=O) groups is 1. The van der Waals surface area contributed by atoms with E-state index in [4.69, 9.17) is 5.73 Å². The number of nitrogens with zero attached hydrogens (tertiary/aromatic N) is 2. The summed E-state index contributed by atoms with van der Waals surface area (Å²) in [6.07, 6.45) is 3.60. The van der Waals surface area contributed by atoms with Crippen LogP contribution < -0.4 is 11.1 Å². The Hall–Kier alpha value is -0.650. The Morgan fingerprint density at radius 1 is 1.26 bits per heavy atom. The molecule has 0 aromatic heterocycles. The maximum absolute atomic E-state index is 11.4. The van der Waals surface area contributed by atoms with Crippen molar-refractivity contribution in [1.29, 1.82) is 0 Å². The van der Waals surface area contributed by atoms with Crippen LogP contribution in [0.2, 0.25) is 0 Å². The zero-order valence-electron chi connectivity index (χ0n) is 12.3. The SMILES string of the molecule is CC(C)NC(CCN1CCN(C2CC2)CC1)C(N)=O. The predicted octanol–water partition coefficient (Wildman–Crippen LogP) is 0.00840. The third-order valence-corrected chi connectivity index (χ3v) is 4.08. The van der Waals surface area contributed by atoms with E-state index in [9.17, 15) is 4.79 Å². The van der Waals surface area contributed by atoms with E-state index in [1.54, 1.807) is 0 Å². The van der Waals surface area contributed by atoms with Gasteiger partial charge in [0, 0.05) is 44.8 Å². The molecule has 2 rings (SSSR count). The van der Waals surface area contributed by atoms with Gasteiger partial charge >= 0.3 is 0 Å². The van der Waals surface area contributed by atoms with Gasteiger partial charge in [0.25, 0.3) is 0 Å². The van der Waals surface area contributed by atoms with Gasteiger partial charge in [-0.3, -0.25) is 9.69 Å². The lowest BCUT2D eigenvalue weighted by molar-refractivity contribution is -0.120. The topological polar surface area (TPSA) is 61.6 Å². The summed E-state index contributed by atoms with van der Waals surface area (Å²) in [5.74, 6) is -0.231. The molecule has 1 saturated heterocycles. The molecule has 0 spiro atoms. The molecule has 0 radical (unpaired) electrons. The van der Waals surface area contributed by atoms with Crippen molar-refractivity contribution in [2.24, 2.45) is 5.73 Å². The highest BCUT2D eigenvalue weighted by Crippen LogP contribution is 2.27. The lowest BCUT2D eigenvalue weighted by atomic mass is 10.1. The fraction of sp³-hybridized carbons (Fsp3) is 0.929. The smallest absolute Gasteiger partial charge is 0.234 e. The van der Waals surface area contributed by atoms with Crippen LogP contribution >= 0.6 is 0 Å². The van der Waals surface area contributed by atoms with E-state index in [1.165, 1.54) is 25.9 Å². The number of rotatable bonds is 7. The zero-order valence-corrected chi connectivity index (χ0v) is 12.3. The first kappa shape index (κ1) is 14.8. The Labute approximate surface area is 116 Å². The average molecular weight is 268 g/mol. The van der Waals surface area contributed by atoms with Crippen LogP contribution in [0.25, 0.3) is 0 Å². The second kappa shape index (κ2) is 6.68. The summed E-state index contributed by atoms with van der Waals surface area (Å²) in [5, 5.41) is 3.24. The molecule has 1 unspecified atom stereocenters. The first-order valence-electron chi connectivity index (χ1n) is 7.58. The van der Waals surface area contributed by atoms with Crippen molar-refractivity contribution in [2.45, 2.75) is 51.2 Å². The zero-order chi connectivity index (χ0) is 13.8. The quantitative estimate of drug-likeness (QED) is 0.683. The largest absolute Gasteiger partial charge is 0.368 e. The molecule has 0 aromatic carbocycles.